The summed E-state index contributed by atoms with van der Waals surface area (Å²) in [6.07, 6.45) is 14.0. The Morgan fingerprint density at radius 2 is 1.70 bits per heavy atom. The lowest BCUT2D eigenvalue weighted by Gasteiger charge is -2.38. The molecule has 0 spiro atoms. The minimum Gasteiger partial charge on any atom is -0.338 e. The summed E-state index contributed by atoms with van der Waals surface area (Å²) in [6.45, 7) is 1.81. The number of nitrogens with zero attached hydrogens (tertiary/aromatic N) is 3. The largest absolute Gasteiger partial charge is 0.338 e. The van der Waals surface area contributed by atoms with Gasteiger partial charge in [0, 0.05) is 25.5 Å². The van der Waals surface area contributed by atoms with E-state index in [0.29, 0.717) is 11.5 Å². The summed E-state index contributed by atoms with van der Waals surface area (Å²) < 4.78 is 0. The first kappa shape index (κ1) is 13.5. The molecule has 4 heteroatoms. The normalized spacial score (nSPS) is 24.6. The van der Waals surface area contributed by atoms with Gasteiger partial charge in [0.1, 0.15) is 6.33 Å². The number of likely N-dealkylation sites (tertiary alicyclic amines) is 1. The van der Waals surface area contributed by atoms with E-state index in [1.807, 2.05) is 4.90 Å². The van der Waals surface area contributed by atoms with Crippen molar-refractivity contribution in [3.05, 3.63) is 24.3 Å². The summed E-state index contributed by atoms with van der Waals surface area (Å²) >= 11 is 0. The molecular weight excluding hydrogens is 250 g/mol. The fourth-order valence-corrected chi connectivity index (χ4v) is 3.78. The van der Waals surface area contributed by atoms with Crippen LogP contribution in [0, 0.1) is 11.8 Å². The summed E-state index contributed by atoms with van der Waals surface area (Å²) in [4.78, 5) is 22.4. The second-order valence-electron chi connectivity index (χ2n) is 6.18. The van der Waals surface area contributed by atoms with Gasteiger partial charge in [-0.15, -0.1) is 0 Å². The van der Waals surface area contributed by atoms with Crippen LogP contribution in [0.4, 0.5) is 0 Å². The third-order valence-electron chi connectivity index (χ3n) is 4.87. The number of amides is 1. The quantitative estimate of drug-likeness (QED) is 0.832. The molecule has 0 bridgehead atoms. The Morgan fingerprint density at radius 3 is 2.45 bits per heavy atom. The van der Waals surface area contributed by atoms with E-state index in [2.05, 4.69) is 9.97 Å². The summed E-state index contributed by atoms with van der Waals surface area (Å²) in [5, 5.41) is 0. The first-order valence-corrected chi connectivity index (χ1v) is 7.89. The lowest BCUT2D eigenvalue weighted by Crippen LogP contribution is -2.42. The molecule has 0 aromatic carbocycles. The summed E-state index contributed by atoms with van der Waals surface area (Å²) in [5.41, 5.74) is 0.622. The average Bonchev–Trinajstić information content (AvgIpc) is 2.56. The van der Waals surface area contributed by atoms with Gasteiger partial charge in [0.05, 0.1) is 5.56 Å². The van der Waals surface area contributed by atoms with Crippen molar-refractivity contribution in [1.82, 2.24) is 14.9 Å². The third kappa shape index (κ3) is 3.00. The van der Waals surface area contributed by atoms with Crippen LogP contribution in [-0.2, 0) is 0 Å². The molecule has 2 heterocycles. The predicted octanol–water partition coefficient (Wildman–Crippen LogP) is 2.91. The molecule has 1 saturated heterocycles. The molecule has 20 heavy (non-hydrogen) atoms. The number of carbonyl (C=O) groups excluding carboxylic acids is 1. The zero-order chi connectivity index (χ0) is 13.8. The number of hydrogen-bond donors (Lipinski definition) is 0. The first-order valence-electron chi connectivity index (χ1n) is 7.89. The number of aromatic nitrogens is 2. The van der Waals surface area contributed by atoms with Crippen LogP contribution < -0.4 is 0 Å². The van der Waals surface area contributed by atoms with E-state index in [0.717, 1.165) is 25.4 Å². The Morgan fingerprint density at radius 1 is 1.00 bits per heavy atom. The molecule has 4 nitrogen and oxygen atoms in total. The highest BCUT2D eigenvalue weighted by Crippen LogP contribution is 2.35. The first-order chi connectivity index (χ1) is 9.84. The van der Waals surface area contributed by atoms with Crippen molar-refractivity contribution in [2.45, 2.75) is 44.9 Å². The summed E-state index contributed by atoms with van der Waals surface area (Å²) in [7, 11) is 0. The lowest BCUT2D eigenvalue weighted by atomic mass is 9.76. The van der Waals surface area contributed by atoms with Gasteiger partial charge in [0.2, 0.25) is 0 Å². The molecule has 0 N–H and O–H groups in total. The van der Waals surface area contributed by atoms with Crippen molar-refractivity contribution < 1.29 is 4.79 Å². The maximum atomic E-state index is 12.5. The molecule has 1 aliphatic heterocycles. The highest BCUT2D eigenvalue weighted by Gasteiger charge is 2.30. The highest BCUT2D eigenvalue weighted by atomic mass is 16.2. The third-order valence-corrected chi connectivity index (χ3v) is 4.87. The number of hydrogen-bond acceptors (Lipinski definition) is 3. The molecule has 1 unspecified atom stereocenters. The minimum atomic E-state index is 0.103. The Bertz CT molecular complexity index is 442. The Kier molecular flexibility index (Phi) is 4.28. The van der Waals surface area contributed by atoms with E-state index >= 15 is 0 Å². The molecule has 108 valence electrons. The van der Waals surface area contributed by atoms with E-state index in [4.69, 9.17) is 0 Å². The van der Waals surface area contributed by atoms with Gasteiger partial charge in [-0.1, -0.05) is 32.1 Å². The molecule has 3 rings (SSSR count). The highest BCUT2D eigenvalue weighted by molar-refractivity contribution is 5.93. The van der Waals surface area contributed by atoms with Gasteiger partial charge in [0.25, 0.3) is 5.91 Å². The van der Waals surface area contributed by atoms with E-state index in [9.17, 15) is 4.79 Å². The monoisotopic (exact) mass is 273 g/mol. The molecule has 1 saturated carbocycles. The van der Waals surface area contributed by atoms with Gasteiger partial charge in [-0.25, -0.2) is 9.97 Å². The van der Waals surface area contributed by atoms with Gasteiger partial charge >= 0.3 is 0 Å². The predicted molar refractivity (Wildman–Crippen MR) is 77.2 cm³/mol. The van der Waals surface area contributed by atoms with Gasteiger partial charge in [-0.2, -0.15) is 0 Å². The van der Waals surface area contributed by atoms with Crippen molar-refractivity contribution in [2.75, 3.05) is 13.1 Å². The Hall–Kier alpha value is -1.45. The zero-order valence-corrected chi connectivity index (χ0v) is 12.0. The van der Waals surface area contributed by atoms with Crippen molar-refractivity contribution in [1.29, 1.82) is 0 Å². The van der Waals surface area contributed by atoms with Gasteiger partial charge in [-0.05, 0) is 24.7 Å². The second kappa shape index (κ2) is 6.33. The van der Waals surface area contributed by atoms with Crippen LogP contribution in [0.5, 0.6) is 0 Å². The van der Waals surface area contributed by atoms with Crippen LogP contribution in [0.2, 0.25) is 0 Å². The summed E-state index contributed by atoms with van der Waals surface area (Å²) in [6, 6.07) is 0. The van der Waals surface area contributed by atoms with Crippen LogP contribution >= 0.6 is 0 Å². The molecule has 0 radical (unpaired) electrons. The van der Waals surface area contributed by atoms with E-state index < -0.39 is 0 Å². The fourth-order valence-electron chi connectivity index (χ4n) is 3.78. The Balaban J connectivity index is 1.64. The van der Waals surface area contributed by atoms with Crippen molar-refractivity contribution in [3.8, 4) is 0 Å². The van der Waals surface area contributed by atoms with Crippen LogP contribution in [0.3, 0.4) is 0 Å². The molecule has 2 fully saturated rings. The van der Waals surface area contributed by atoms with Gasteiger partial charge < -0.3 is 4.90 Å². The molecule has 1 aromatic rings. The fraction of sp³-hybridized carbons (Fsp3) is 0.688. The van der Waals surface area contributed by atoms with Crippen LogP contribution in [-0.4, -0.2) is 33.9 Å². The zero-order valence-electron chi connectivity index (χ0n) is 12.0. The second-order valence-corrected chi connectivity index (χ2v) is 6.18. The van der Waals surface area contributed by atoms with Gasteiger partial charge in [-0.3, -0.25) is 4.79 Å². The number of carbonyl (C=O) groups is 1. The van der Waals surface area contributed by atoms with Crippen LogP contribution in [0.25, 0.3) is 0 Å². The summed E-state index contributed by atoms with van der Waals surface area (Å²) in [5.74, 6) is 1.65. The van der Waals surface area contributed by atoms with E-state index in [1.165, 1.54) is 44.9 Å². The van der Waals surface area contributed by atoms with Crippen molar-refractivity contribution >= 4 is 5.91 Å². The maximum absolute atomic E-state index is 12.5. The molecule has 2 aliphatic rings. The Labute approximate surface area is 120 Å². The SMILES string of the molecule is O=C(c1cncnc1)N1CCCC(C2CCCCC2)C1. The van der Waals surface area contributed by atoms with E-state index in [1.54, 1.807) is 12.4 Å². The number of rotatable bonds is 2. The maximum Gasteiger partial charge on any atom is 0.256 e. The van der Waals surface area contributed by atoms with Crippen molar-refractivity contribution in [3.63, 3.8) is 0 Å². The molecule has 1 aliphatic carbocycles. The molecule has 1 atom stereocenters. The lowest BCUT2D eigenvalue weighted by molar-refractivity contribution is 0.0599. The van der Waals surface area contributed by atoms with E-state index in [-0.39, 0.29) is 5.91 Å². The minimum absolute atomic E-state index is 0.103. The van der Waals surface area contributed by atoms with Crippen molar-refractivity contribution in [2.24, 2.45) is 11.8 Å². The molecule has 1 aromatic heterocycles. The topological polar surface area (TPSA) is 46.1 Å². The standard InChI is InChI=1S/C16H23N3O/c20-16(15-9-17-12-18-10-15)19-8-4-7-14(11-19)13-5-2-1-3-6-13/h9-10,12-14H,1-8,11H2. The molecule has 1 amide bonds. The average molecular weight is 273 g/mol. The number of piperidine rings is 1. The smallest absolute Gasteiger partial charge is 0.256 e. The van der Waals surface area contributed by atoms with Crippen LogP contribution in [0.15, 0.2) is 18.7 Å². The van der Waals surface area contributed by atoms with Gasteiger partial charge in [0.15, 0.2) is 0 Å². The van der Waals surface area contributed by atoms with Crippen LogP contribution in [0.1, 0.15) is 55.3 Å². The molecular formula is C16H23N3O.